The quantitative estimate of drug-likeness (QED) is 0.861. The van der Waals surface area contributed by atoms with Crippen LogP contribution in [0.3, 0.4) is 0 Å². The highest BCUT2D eigenvalue weighted by molar-refractivity contribution is 6.01. The number of ketones is 1. The fourth-order valence-electron chi connectivity index (χ4n) is 2.37. The first kappa shape index (κ1) is 15.5. The molecule has 1 heterocycles. The van der Waals surface area contributed by atoms with Gasteiger partial charge in [-0.3, -0.25) is 9.59 Å². The fourth-order valence-corrected chi connectivity index (χ4v) is 2.37. The third-order valence-electron chi connectivity index (χ3n) is 3.75. The summed E-state index contributed by atoms with van der Waals surface area (Å²) in [7, 11) is 0. The van der Waals surface area contributed by atoms with Crippen LogP contribution in [-0.4, -0.2) is 30.9 Å². The second-order valence-electron chi connectivity index (χ2n) is 5.57. The van der Waals surface area contributed by atoms with Gasteiger partial charge in [0.1, 0.15) is 11.9 Å². The van der Waals surface area contributed by atoms with Gasteiger partial charge in [0.2, 0.25) is 5.91 Å². The van der Waals surface area contributed by atoms with Gasteiger partial charge in [-0.25, -0.2) is 0 Å². The van der Waals surface area contributed by atoms with Crippen molar-refractivity contribution in [2.24, 2.45) is 11.7 Å². The largest absolute Gasteiger partial charge is 0.486 e. The number of anilines is 1. The molecule has 1 atom stereocenters. The summed E-state index contributed by atoms with van der Waals surface area (Å²) >= 11 is 0. The van der Waals surface area contributed by atoms with Gasteiger partial charge < -0.3 is 15.4 Å². The molecule has 1 aliphatic rings. The molecule has 0 aromatic heterocycles. The molecular formula is C16H22N2O3. The second kappa shape index (κ2) is 6.26. The van der Waals surface area contributed by atoms with Crippen molar-refractivity contribution in [2.45, 2.75) is 33.3 Å². The van der Waals surface area contributed by atoms with Crippen molar-refractivity contribution in [3.05, 3.63) is 23.8 Å². The number of ether oxygens (including phenoxy) is 1. The molecule has 5 heteroatoms. The molecule has 1 aliphatic heterocycles. The lowest BCUT2D eigenvalue weighted by Crippen LogP contribution is -2.45. The molecule has 0 aliphatic carbocycles. The van der Waals surface area contributed by atoms with E-state index in [0.29, 0.717) is 35.9 Å². The highest BCUT2D eigenvalue weighted by Gasteiger charge is 2.31. The average molecular weight is 290 g/mol. The van der Waals surface area contributed by atoms with Gasteiger partial charge in [0, 0.05) is 12.0 Å². The molecule has 114 valence electrons. The van der Waals surface area contributed by atoms with E-state index in [-0.39, 0.29) is 24.3 Å². The van der Waals surface area contributed by atoms with E-state index >= 15 is 0 Å². The smallest absolute Gasteiger partial charge is 0.226 e. The molecule has 0 bridgehead atoms. The molecule has 1 aromatic rings. The Balaban J connectivity index is 2.44. The fraction of sp³-hybridized carbons (Fsp3) is 0.500. The summed E-state index contributed by atoms with van der Waals surface area (Å²) in [5, 5.41) is 0. The van der Waals surface area contributed by atoms with Crippen molar-refractivity contribution in [3.8, 4) is 5.75 Å². The van der Waals surface area contributed by atoms with Gasteiger partial charge in [-0.05, 0) is 24.1 Å². The summed E-state index contributed by atoms with van der Waals surface area (Å²) in [6.07, 6.45) is 0.378. The van der Waals surface area contributed by atoms with Crippen molar-refractivity contribution in [2.75, 3.05) is 18.0 Å². The Kier molecular flexibility index (Phi) is 4.63. The van der Waals surface area contributed by atoms with Crippen LogP contribution in [0, 0.1) is 5.92 Å². The Bertz CT molecular complexity index is 554. The van der Waals surface area contributed by atoms with E-state index in [1.165, 1.54) is 0 Å². The van der Waals surface area contributed by atoms with Crippen molar-refractivity contribution in [1.82, 2.24) is 0 Å². The number of nitrogens with zero attached hydrogens (tertiary/aromatic N) is 1. The number of rotatable bonds is 4. The van der Waals surface area contributed by atoms with Crippen LogP contribution in [-0.2, 0) is 4.79 Å². The van der Waals surface area contributed by atoms with Crippen molar-refractivity contribution in [1.29, 1.82) is 0 Å². The maximum Gasteiger partial charge on any atom is 0.226 e. The Morgan fingerprint density at radius 3 is 2.71 bits per heavy atom. The van der Waals surface area contributed by atoms with Crippen LogP contribution in [0.15, 0.2) is 18.2 Å². The molecule has 0 saturated heterocycles. The topological polar surface area (TPSA) is 72.6 Å². The summed E-state index contributed by atoms with van der Waals surface area (Å²) < 4.78 is 5.95. The van der Waals surface area contributed by atoms with E-state index in [1.807, 2.05) is 6.92 Å². The summed E-state index contributed by atoms with van der Waals surface area (Å²) in [5.74, 6) is 0.834. The third-order valence-corrected chi connectivity index (χ3v) is 3.75. The summed E-state index contributed by atoms with van der Waals surface area (Å²) in [6.45, 7) is 6.43. The van der Waals surface area contributed by atoms with Gasteiger partial charge >= 0.3 is 0 Å². The standard InChI is InChI=1S/C16H22N2O3/c1-4-16(20)18-9-15(10(2)3)21-14-6-5-11(7-12(14)18)13(19)8-17/h5-7,10,15H,4,8-9,17H2,1-3H3. The minimum atomic E-state index is -0.146. The molecule has 2 N–H and O–H groups in total. The highest BCUT2D eigenvalue weighted by Crippen LogP contribution is 2.36. The lowest BCUT2D eigenvalue weighted by molar-refractivity contribution is -0.118. The Labute approximate surface area is 125 Å². The number of carbonyl (C=O) groups excluding carboxylic acids is 2. The SMILES string of the molecule is CCC(=O)N1CC(C(C)C)Oc2ccc(C(=O)CN)cc21. The number of nitrogens with two attached hydrogens (primary N) is 1. The minimum Gasteiger partial charge on any atom is -0.486 e. The maximum absolute atomic E-state index is 12.2. The molecule has 5 nitrogen and oxygen atoms in total. The van der Waals surface area contributed by atoms with Crippen LogP contribution < -0.4 is 15.4 Å². The van der Waals surface area contributed by atoms with Crippen LogP contribution in [0.1, 0.15) is 37.6 Å². The van der Waals surface area contributed by atoms with E-state index in [4.69, 9.17) is 10.5 Å². The summed E-state index contributed by atoms with van der Waals surface area (Å²) in [4.78, 5) is 25.7. The van der Waals surface area contributed by atoms with Gasteiger partial charge in [-0.2, -0.15) is 0 Å². The molecule has 2 rings (SSSR count). The van der Waals surface area contributed by atoms with E-state index in [2.05, 4.69) is 13.8 Å². The number of amides is 1. The number of fused-ring (bicyclic) bond motifs is 1. The van der Waals surface area contributed by atoms with Gasteiger partial charge in [0.15, 0.2) is 5.78 Å². The second-order valence-corrected chi connectivity index (χ2v) is 5.57. The van der Waals surface area contributed by atoms with E-state index in [9.17, 15) is 9.59 Å². The molecule has 0 fully saturated rings. The predicted octanol–water partition coefficient (Wildman–Crippen LogP) is 1.99. The van der Waals surface area contributed by atoms with Crippen LogP contribution in [0.4, 0.5) is 5.69 Å². The normalized spacial score (nSPS) is 17.4. The van der Waals surface area contributed by atoms with Gasteiger partial charge in [-0.1, -0.05) is 20.8 Å². The van der Waals surface area contributed by atoms with Crippen LogP contribution in [0.2, 0.25) is 0 Å². The van der Waals surface area contributed by atoms with Gasteiger partial charge in [0.25, 0.3) is 0 Å². The molecule has 1 aromatic carbocycles. The summed E-state index contributed by atoms with van der Waals surface area (Å²) in [5.41, 5.74) is 6.58. The van der Waals surface area contributed by atoms with Gasteiger partial charge in [-0.15, -0.1) is 0 Å². The number of hydrogen-bond acceptors (Lipinski definition) is 4. The average Bonchev–Trinajstić information content (AvgIpc) is 2.51. The molecular weight excluding hydrogens is 268 g/mol. The molecule has 21 heavy (non-hydrogen) atoms. The molecule has 1 amide bonds. The molecule has 1 unspecified atom stereocenters. The van der Waals surface area contributed by atoms with Crippen LogP contribution in [0.25, 0.3) is 0 Å². The third kappa shape index (κ3) is 3.08. The van der Waals surface area contributed by atoms with E-state index < -0.39 is 0 Å². The Morgan fingerprint density at radius 1 is 1.43 bits per heavy atom. The number of hydrogen-bond donors (Lipinski definition) is 1. The minimum absolute atomic E-state index is 0.0301. The van der Waals surface area contributed by atoms with Crippen molar-refractivity contribution in [3.63, 3.8) is 0 Å². The Morgan fingerprint density at radius 2 is 2.14 bits per heavy atom. The molecule has 0 spiro atoms. The maximum atomic E-state index is 12.2. The first-order valence-electron chi connectivity index (χ1n) is 7.32. The lowest BCUT2D eigenvalue weighted by Gasteiger charge is -2.36. The van der Waals surface area contributed by atoms with Crippen LogP contribution in [0.5, 0.6) is 5.75 Å². The zero-order valence-corrected chi connectivity index (χ0v) is 12.8. The lowest BCUT2D eigenvalue weighted by atomic mass is 10.0. The highest BCUT2D eigenvalue weighted by atomic mass is 16.5. The number of benzene rings is 1. The molecule has 0 saturated carbocycles. The van der Waals surface area contributed by atoms with E-state index in [0.717, 1.165) is 0 Å². The van der Waals surface area contributed by atoms with Gasteiger partial charge in [0.05, 0.1) is 18.8 Å². The number of Topliss-reactive ketones (excluding diaryl/α,β-unsaturated/α-hetero) is 1. The summed E-state index contributed by atoms with van der Waals surface area (Å²) in [6, 6.07) is 5.16. The van der Waals surface area contributed by atoms with Crippen molar-refractivity contribution < 1.29 is 14.3 Å². The first-order valence-corrected chi connectivity index (χ1v) is 7.32. The van der Waals surface area contributed by atoms with Crippen LogP contribution >= 0.6 is 0 Å². The first-order chi connectivity index (χ1) is 9.97. The van der Waals surface area contributed by atoms with Crippen molar-refractivity contribution >= 4 is 17.4 Å². The molecule has 0 radical (unpaired) electrons. The number of carbonyl (C=O) groups is 2. The van der Waals surface area contributed by atoms with E-state index in [1.54, 1.807) is 23.1 Å². The zero-order chi connectivity index (χ0) is 15.6. The Hall–Kier alpha value is -1.88. The predicted molar refractivity (Wildman–Crippen MR) is 81.7 cm³/mol. The zero-order valence-electron chi connectivity index (χ0n) is 12.8. The monoisotopic (exact) mass is 290 g/mol.